The predicted octanol–water partition coefficient (Wildman–Crippen LogP) is 2.47. The first-order valence-electron chi connectivity index (χ1n) is 8.97. The molecule has 25 heavy (non-hydrogen) atoms. The van der Waals surface area contributed by atoms with Crippen molar-refractivity contribution in [2.45, 2.75) is 18.9 Å². The maximum atomic E-state index is 12.9. The molecule has 2 aliphatic rings. The van der Waals surface area contributed by atoms with E-state index in [2.05, 4.69) is 29.2 Å². The van der Waals surface area contributed by atoms with Gasteiger partial charge in [0, 0.05) is 32.2 Å². The van der Waals surface area contributed by atoms with E-state index in [0.717, 1.165) is 25.1 Å². The molecule has 0 saturated carbocycles. The van der Waals surface area contributed by atoms with Gasteiger partial charge < -0.3 is 0 Å². The van der Waals surface area contributed by atoms with Crippen molar-refractivity contribution in [1.82, 2.24) is 9.21 Å². The van der Waals surface area contributed by atoms with Crippen LogP contribution in [0.15, 0.2) is 54.6 Å². The molecule has 0 bridgehead atoms. The summed E-state index contributed by atoms with van der Waals surface area (Å²) in [5.41, 5.74) is 3.75. The summed E-state index contributed by atoms with van der Waals surface area (Å²) in [6.45, 7) is 3.03. The standard InChI is InChI=1S/C20H24N2O2S/c23-25(24,15-11-17-6-2-1-3-7-17)22-14-13-21-12-10-18-8-4-5-9-19(18)20(21)16-22/h1-9,20H,10-16H2. The van der Waals surface area contributed by atoms with Gasteiger partial charge in [0.25, 0.3) is 0 Å². The molecule has 1 saturated heterocycles. The van der Waals surface area contributed by atoms with Gasteiger partial charge in [-0.1, -0.05) is 54.6 Å². The maximum absolute atomic E-state index is 12.9. The molecule has 0 spiro atoms. The lowest BCUT2D eigenvalue weighted by molar-refractivity contribution is 0.109. The van der Waals surface area contributed by atoms with Crippen LogP contribution in [0.2, 0.25) is 0 Å². The SMILES string of the molecule is O=S(=O)(CCc1ccccc1)N1CCN2CCc3ccccc3C2C1. The normalized spacial score (nSPS) is 21.5. The zero-order valence-corrected chi connectivity index (χ0v) is 15.2. The van der Waals surface area contributed by atoms with Crippen LogP contribution in [0.25, 0.3) is 0 Å². The van der Waals surface area contributed by atoms with Crippen molar-refractivity contribution in [3.05, 3.63) is 71.3 Å². The predicted molar refractivity (Wildman–Crippen MR) is 100.0 cm³/mol. The minimum absolute atomic E-state index is 0.186. The Morgan fingerprint density at radius 1 is 0.920 bits per heavy atom. The molecule has 2 aromatic rings. The fourth-order valence-corrected chi connectivity index (χ4v) is 5.46. The van der Waals surface area contributed by atoms with E-state index in [1.54, 1.807) is 4.31 Å². The summed E-state index contributed by atoms with van der Waals surface area (Å²) in [7, 11) is -3.23. The Labute approximate surface area is 150 Å². The Hall–Kier alpha value is -1.69. The van der Waals surface area contributed by atoms with E-state index >= 15 is 0 Å². The molecule has 0 aliphatic carbocycles. The number of hydrogen-bond acceptors (Lipinski definition) is 3. The van der Waals surface area contributed by atoms with Crippen molar-refractivity contribution in [3.8, 4) is 0 Å². The molecule has 2 aromatic carbocycles. The van der Waals surface area contributed by atoms with Crippen molar-refractivity contribution < 1.29 is 8.42 Å². The largest absolute Gasteiger partial charge is 0.293 e. The Kier molecular flexibility index (Phi) is 4.63. The summed E-state index contributed by atoms with van der Waals surface area (Å²) >= 11 is 0. The fraction of sp³-hybridized carbons (Fsp3) is 0.400. The van der Waals surface area contributed by atoms with Crippen LogP contribution < -0.4 is 0 Å². The molecule has 2 heterocycles. The molecule has 1 fully saturated rings. The Morgan fingerprint density at radius 3 is 2.52 bits per heavy atom. The van der Waals surface area contributed by atoms with Gasteiger partial charge in [-0.05, 0) is 29.5 Å². The van der Waals surface area contributed by atoms with Gasteiger partial charge in [-0.25, -0.2) is 8.42 Å². The van der Waals surface area contributed by atoms with Crippen LogP contribution in [0, 0.1) is 0 Å². The first-order chi connectivity index (χ1) is 12.1. The van der Waals surface area contributed by atoms with Crippen LogP contribution in [0.1, 0.15) is 22.7 Å². The average molecular weight is 356 g/mol. The van der Waals surface area contributed by atoms with Crippen LogP contribution in [-0.2, 0) is 22.9 Å². The van der Waals surface area contributed by atoms with Gasteiger partial charge in [0.15, 0.2) is 0 Å². The summed E-state index contributed by atoms with van der Waals surface area (Å²) in [6, 6.07) is 18.5. The Bertz CT molecular complexity index is 836. The molecule has 0 N–H and O–H groups in total. The molecule has 0 radical (unpaired) electrons. The number of fused-ring (bicyclic) bond motifs is 3. The highest BCUT2D eigenvalue weighted by atomic mass is 32.2. The second-order valence-electron chi connectivity index (χ2n) is 6.91. The Morgan fingerprint density at radius 2 is 1.68 bits per heavy atom. The molecule has 2 aliphatic heterocycles. The molecule has 1 unspecified atom stereocenters. The van der Waals surface area contributed by atoms with Crippen molar-refractivity contribution in [3.63, 3.8) is 0 Å². The summed E-state index contributed by atoms with van der Waals surface area (Å²) in [4.78, 5) is 2.44. The highest BCUT2D eigenvalue weighted by Crippen LogP contribution is 2.33. The molecule has 0 aromatic heterocycles. The fourth-order valence-electron chi connectivity index (χ4n) is 3.98. The topological polar surface area (TPSA) is 40.6 Å². The van der Waals surface area contributed by atoms with Gasteiger partial charge in [0.1, 0.15) is 0 Å². The van der Waals surface area contributed by atoms with Gasteiger partial charge >= 0.3 is 0 Å². The van der Waals surface area contributed by atoms with Gasteiger partial charge in [-0.2, -0.15) is 4.31 Å². The average Bonchev–Trinajstić information content (AvgIpc) is 2.67. The highest BCUT2D eigenvalue weighted by Gasteiger charge is 2.36. The zero-order chi connectivity index (χ0) is 17.3. The van der Waals surface area contributed by atoms with E-state index in [9.17, 15) is 8.42 Å². The van der Waals surface area contributed by atoms with Crippen LogP contribution in [-0.4, -0.2) is 49.6 Å². The maximum Gasteiger partial charge on any atom is 0.214 e. The number of aryl methyl sites for hydroxylation is 1. The van der Waals surface area contributed by atoms with Gasteiger partial charge in [0.05, 0.1) is 5.75 Å². The van der Waals surface area contributed by atoms with Crippen LogP contribution in [0.5, 0.6) is 0 Å². The second-order valence-corrected chi connectivity index (χ2v) is 9.00. The third kappa shape index (κ3) is 3.50. The third-order valence-electron chi connectivity index (χ3n) is 5.42. The van der Waals surface area contributed by atoms with Crippen LogP contribution >= 0.6 is 0 Å². The number of benzene rings is 2. The van der Waals surface area contributed by atoms with Gasteiger partial charge in [-0.3, -0.25) is 4.90 Å². The number of piperazine rings is 1. The van der Waals surface area contributed by atoms with Crippen LogP contribution in [0.3, 0.4) is 0 Å². The van der Waals surface area contributed by atoms with Gasteiger partial charge in [-0.15, -0.1) is 0 Å². The number of hydrogen-bond donors (Lipinski definition) is 0. The lowest BCUT2D eigenvalue weighted by atomic mass is 9.91. The van der Waals surface area contributed by atoms with Crippen molar-refractivity contribution in [2.75, 3.05) is 31.9 Å². The minimum Gasteiger partial charge on any atom is -0.293 e. The molecule has 4 rings (SSSR count). The van der Waals surface area contributed by atoms with E-state index in [4.69, 9.17) is 0 Å². The molecule has 5 heteroatoms. The summed E-state index contributed by atoms with van der Waals surface area (Å²) in [6.07, 6.45) is 1.64. The summed E-state index contributed by atoms with van der Waals surface area (Å²) in [5.74, 6) is 0.186. The molecule has 1 atom stereocenters. The lowest BCUT2D eigenvalue weighted by Gasteiger charge is -2.44. The molecular weight excluding hydrogens is 332 g/mol. The molecule has 132 valence electrons. The van der Waals surface area contributed by atoms with Crippen LogP contribution in [0.4, 0.5) is 0 Å². The lowest BCUT2D eigenvalue weighted by Crippen LogP contribution is -2.52. The summed E-state index contributed by atoms with van der Waals surface area (Å²) in [5, 5.41) is 0. The second kappa shape index (κ2) is 6.90. The highest BCUT2D eigenvalue weighted by molar-refractivity contribution is 7.89. The molecule has 4 nitrogen and oxygen atoms in total. The van der Waals surface area contributed by atoms with E-state index in [0.29, 0.717) is 19.5 Å². The van der Waals surface area contributed by atoms with Crippen molar-refractivity contribution in [1.29, 1.82) is 0 Å². The van der Waals surface area contributed by atoms with E-state index < -0.39 is 10.0 Å². The van der Waals surface area contributed by atoms with Gasteiger partial charge in [0.2, 0.25) is 10.0 Å². The van der Waals surface area contributed by atoms with E-state index in [1.165, 1.54) is 11.1 Å². The van der Waals surface area contributed by atoms with Crippen molar-refractivity contribution in [2.24, 2.45) is 0 Å². The number of sulfonamides is 1. The van der Waals surface area contributed by atoms with Crippen molar-refractivity contribution >= 4 is 10.0 Å². The summed E-state index contributed by atoms with van der Waals surface area (Å²) < 4.78 is 27.4. The first kappa shape index (κ1) is 16.8. The minimum atomic E-state index is -3.23. The number of rotatable bonds is 4. The monoisotopic (exact) mass is 356 g/mol. The quantitative estimate of drug-likeness (QED) is 0.845. The third-order valence-corrected chi connectivity index (χ3v) is 7.26. The first-order valence-corrected chi connectivity index (χ1v) is 10.6. The van der Waals surface area contributed by atoms with E-state index in [-0.39, 0.29) is 11.8 Å². The Balaban J connectivity index is 1.49. The number of nitrogens with zero attached hydrogens (tertiary/aromatic N) is 2. The smallest absolute Gasteiger partial charge is 0.214 e. The zero-order valence-electron chi connectivity index (χ0n) is 14.3. The van der Waals surface area contributed by atoms with E-state index in [1.807, 2.05) is 30.3 Å². The molecule has 0 amide bonds. The molecular formula is C20H24N2O2S.